The quantitative estimate of drug-likeness (QED) is 0.741. The van der Waals surface area contributed by atoms with Crippen LogP contribution >= 0.6 is 11.6 Å². The summed E-state index contributed by atoms with van der Waals surface area (Å²) in [5.74, 6) is 0. The number of aryl methyl sites for hydroxylation is 1. The van der Waals surface area contributed by atoms with Crippen molar-refractivity contribution in [2.24, 2.45) is 0 Å². The van der Waals surface area contributed by atoms with Crippen LogP contribution in [0.4, 0.5) is 0 Å². The van der Waals surface area contributed by atoms with Crippen molar-refractivity contribution in [2.45, 2.75) is 27.3 Å². The molecule has 0 saturated heterocycles. The lowest BCUT2D eigenvalue weighted by atomic mass is 10.0. The maximum atomic E-state index is 9.38. The molecule has 2 aromatic rings. The van der Waals surface area contributed by atoms with Crippen LogP contribution in [0.5, 0.6) is 0 Å². The molecule has 1 aromatic carbocycles. The second-order valence-electron chi connectivity index (χ2n) is 4.75. The molecular formula is C17H17ClN2. The van der Waals surface area contributed by atoms with E-state index in [2.05, 4.69) is 37.5 Å². The van der Waals surface area contributed by atoms with Gasteiger partial charge in [0.2, 0.25) is 0 Å². The lowest BCUT2D eigenvalue weighted by Gasteiger charge is -2.05. The molecule has 2 nitrogen and oxygen atoms in total. The fourth-order valence-corrected chi connectivity index (χ4v) is 2.55. The third-order valence-corrected chi connectivity index (χ3v) is 3.76. The van der Waals surface area contributed by atoms with Crippen molar-refractivity contribution in [3.05, 3.63) is 57.9 Å². The summed E-state index contributed by atoms with van der Waals surface area (Å²) in [4.78, 5) is 0. The Hall–Kier alpha value is -1.98. The van der Waals surface area contributed by atoms with Crippen molar-refractivity contribution in [1.82, 2.24) is 4.57 Å². The number of rotatable bonds is 3. The summed E-state index contributed by atoms with van der Waals surface area (Å²) >= 11 is 5.88. The summed E-state index contributed by atoms with van der Waals surface area (Å²) in [6, 6.07) is 11.7. The first-order chi connectivity index (χ1) is 9.56. The van der Waals surface area contributed by atoms with Gasteiger partial charge in [0, 0.05) is 23.0 Å². The highest BCUT2D eigenvalue weighted by Gasteiger charge is 2.08. The Morgan fingerprint density at radius 2 is 1.95 bits per heavy atom. The van der Waals surface area contributed by atoms with E-state index in [9.17, 15) is 5.26 Å². The molecular weight excluding hydrogens is 268 g/mol. The molecule has 0 spiro atoms. The molecule has 0 atom stereocenters. The Morgan fingerprint density at radius 3 is 2.45 bits per heavy atom. The topological polar surface area (TPSA) is 28.7 Å². The predicted molar refractivity (Wildman–Crippen MR) is 84.5 cm³/mol. The van der Waals surface area contributed by atoms with Crippen LogP contribution in [-0.4, -0.2) is 4.57 Å². The summed E-state index contributed by atoms with van der Waals surface area (Å²) in [6.07, 6.45) is 1.94. The number of benzene rings is 1. The van der Waals surface area contributed by atoms with Gasteiger partial charge in [0.05, 0.1) is 11.6 Å². The average molecular weight is 285 g/mol. The van der Waals surface area contributed by atoms with E-state index < -0.39 is 0 Å². The van der Waals surface area contributed by atoms with Gasteiger partial charge >= 0.3 is 0 Å². The normalized spacial score (nSPS) is 11.4. The van der Waals surface area contributed by atoms with Crippen LogP contribution in [0.2, 0.25) is 5.02 Å². The first kappa shape index (κ1) is 14.4. The van der Waals surface area contributed by atoms with Gasteiger partial charge in [-0.15, -0.1) is 0 Å². The molecule has 0 saturated carbocycles. The standard InChI is InChI=1S/C17H17ClN2/c1-4-20-12(2)9-15(13(20)3)10-16(11-19)14-5-7-17(18)8-6-14/h5-10H,4H2,1-3H3. The van der Waals surface area contributed by atoms with Crippen molar-refractivity contribution < 1.29 is 0 Å². The second-order valence-corrected chi connectivity index (χ2v) is 5.18. The summed E-state index contributed by atoms with van der Waals surface area (Å²) in [6.45, 7) is 7.23. The first-order valence-corrected chi connectivity index (χ1v) is 6.99. The van der Waals surface area contributed by atoms with Crippen molar-refractivity contribution >= 4 is 23.3 Å². The highest BCUT2D eigenvalue weighted by Crippen LogP contribution is 2.23. The van der Waals surface area contributed by atoms with Crippen LogP contribution in [0.1, 0.15) is 29.4 Å². The molecule has 102 valence electrons. The van der Waals surface area contributed by atoms with Gasteiger partial charge in [-0.25, -0.2) is 0 Å². The van der Waals surface area contributed by atoms with Crippen molar-refractivity contribution in [1.29, 1.82) is 5.26 Å². The van der Waals surface area contributed by atoms with Gasteiger partial charge in [-0.2, -0.15) is 5.26 Å². The molecule has 0 N–H and O–H groups in total. The van der Waals surface area contributed by atoms with E-state index in [1.54, 1.807) is 12.1 Å². The minimum absolute atomic E-state index is 0.651. The zero-order valence-corrected chi connectivity index (χ0v) is 12.7. The molecule has 0 fully saturated rings. The molecule has 0 radical (unpaired) electrons. The Balaban J connectivity index is 2.47. The minimum atomic E-state index is 0.651. The predicted octanol–water partition coefficient (Wildman–Crippen LogP) is 4.84. The van der Waals surface area contributed by atoms with E-state index in [-0.39, 0.29) is 0 Å². The van der Waals surface area contributed by atoms with Gasteiger partial charge in [0.1, 0.15) is 0 Å². The van der Waals surface area contributed by atoms with Crippen molar-refractivity contribution in [3.63, 3.8) is 0 Å². The lowest BCUT2D eigenvalue weighted by Crippen LogP contribution is -1.98. The van der Waals surface area contributed by atoms with E-state index in [0.717, 1.165) is 17.7 Å². The molecule has 0 aliphatic rings. The summed E-state index contributed by atoms with van der Waals surface area (Å²) in [7, 11) is 0. The van der Waals surface area contributed by atoms with Crippen molar-refractivity contribution in [2.75, 3.05) is 0 Å². The number of allylic oxidation sites excluding steroid dienone is 1. The van der Waals surface area contributed by atoms with Crippen LogP contribution in [0, 0.1) is 25.2 Å². The number of aromatic nitrogens is 1. The lowest BCUT2D eigenvalue weighted by molar-refractivity contribution is 0.718. The van der Waals surface area contributed by atoms with Crippen LogP contribution in [-0.2, 0) is 6.54 Å². The van der Waals surface area contributed by atoms with Crippen LogP contribution < -0.4 is 0 Å². The van der Waals surface area contributed by atoms with E-state index in [1.165, 1.54) is 11.4 Å². The maximum absolute atomic E-state index is 9.38. The zero-order valence-electron chi connectivity index (χ0n) is 11.9. The number of nitrogens with zero attached hydrogens (tertiary/aromatic N) is 2. The summed E-state index contributed by atoms with van der Waals surface area (Å²) < 4.78 is 2.24. The summed E-state index contributed by atoms with van der Waals surface area (Å²) in [5.41, 5.74) is 5.03. The molecule has 0 aliphatic carbocycles. The molecule has 2 rings (SSSR count). The zero-order chi connectivity index (χ0) is 14.7. The molecule has 1 aromatic heterocycles. The highest BCUT2D eigenvalue weighted by atomic mass is 35.5. The Bertz CT molecular complexity index is 685. The Kier molecular flexibility index (Phi) is 4.32. The third-order valence-electron chi connectivity index (χ3n) is 3.50. The molecule has 0 amide bonds. The van der Waals surface area contributed by atoms with Gasteiger partial charge in [-0.3, -0.25) is 0 Å². The fourth-order valence-electron chi connectivity index (χ4n) is 2.43. The maximum Gasteiger partial charge on any atom is 0.0998 e. The monoisotopic (exact) mass is 284 g/mol. The molecule has 3 heteroatoms. The van der Waals surface area contributed by atoms with Crippen LogP contribution in [0.15, 0.2) is 30.3 Å². The average Bonchev–Trinajstić information content (AvgIpc) is 2.71. The minimum Gasteiger partial charge on any atom is -0.349 e. The fraction of sp³-hybridized carbons (Fsp3) is 0.235. The first-order valence-electron chi connectivity index (χ1n) is 6.61. The molecule has 1 heterocycles. The van der Waals surface area contributed by atoms with Gasteiger partial charge in [0.25, 0.3) is 0 Å². The number of hydrogen-bond acceptors (Lipinski definition) is 1. The van der Waals surface area contributed by atoms with E-state index in [0.29, 0.717) is 10.6 Å². The largest absolute Gasteiger partial charge is 0.349 e. The Morgan fingerprint density at radius 1 is 1.30 bits per heavy atom. The molecule has 0 unspecified atom stereocenters. The van der Waals surface area contributed by atoms with Gasteiger partial charge in [-0.05, 0) is 56.2 Å². The van der Waals surface area contributed by atoms with Crippen LogP contribution in [0.3, 0.4) is 0 Å². The van der Waals surface area contributed by atoms with E-state index in [1.807, 2.05) is 18.2 Å². The van der Waals surface area contributed by atoms with E-state index in [4.69, 9.17) is 11.6 Å². The number of halogens is 1. The molecule has 0 aliphatic heterocycles. The third kappa shape index (κ3) is 2.79. The summed E-state index contributed by atoms with van der Waals surface area (Å²) in [5, 5.41) is 10.1. The van der Waals surface area contributed by atoms with Gasteiger partial charge < -0.3 is 4.57 Å². The van der Waals surface area contributed by atoms with Crippen LogP contribution in [0.25, 0.3) is 11.6 Å². The number of hydrogen-bond donors (Lipinski definition) is 0. The van der Waals surface area contributed by atoms with Gasteiger partial charge in [-0.1, -0.05) is 23.7 Å². The molecule has 20 heavy (non-hydrogen) atoms. The van der Waals surface area contributed by atoms with E-state index >= 15 is 0 Å². The SMILES string of the molecule is CCn1c(C)cc(C=C(C#N)c2ccc(Cl)cc2)c1C. The Labute approximate surface area is 124 Å². The second kappa shape index (κ2) is 5.98. The van der Waals surface area contributed by atoms with Crippen molar-refractivity contribution in [3.8, 4) is 6.07 Å². The van der Waals surface area contributed by atoms with Gasteiger partial charge in [0.15, 0.2) is 0 Å². The molecule has 0 bridgehead atoms. The number of nitriles is 1. The highest BCUT2D eigenvalue weighted by molar-refractivity contribution is 6.30. The smallest absolute Gasteiger partial charge is 0.0998 e.